The highest BCUT2D eigenvalue weighted by atomic mass is 19.4. The van der Waals surface area contributed by atoms with Crippen molar-refractivity contribution in [2.75, 3.05) is 5.32 Å². The van der Waals surface area contributed by atoms with Crippen LogP contribution in [0, 0.1) is 13.8 Å². The standard InChI is InChI=1S/C17H14F3N3O/c1-10-7-8-23-14(9-10)21-11(2)15(23)16(24)22-13-5-3-12(4-6-13)17(18,19)20/h3-9H,1-2H3,(H,22,24). The Morgan fingerprint density at radius 3 is 2.42 bits per heavy atom. The summed E-state index contributed by atoms with van der Waals surface area (Å²) in [5.74, 6) is -0.427. The molecule has 0 radical (unpaired) electrons. The molecule has 0 aliphatic heterocycles. The number of amides is 1. The fraction of sp³-hybridized carbons (Fsp3) is 0.176. The number of aryl methyl sites for hydroxylation is 2. The number of alkyl halides is 3. The highest BCUT2D eigenvalue weighted by Gasteiger charge is 2.30. The topological polar surface area (TPSA) is 46.4 Å². The molecule has 2 heterocycles. The van der Waals surface area contributed by atoms with Gasteiger partial charge in [0.2, 0.25) is 0 Å². The largest absolute Gasteiger partial charge is 0.416 e. The number of imidazole rings is 1. The molecule has 2 aromatic heterocycles. The average Bonchev–Trinajstić information content (AvgIpc) is 2.81. The van der Waals surface area contributed by atoms with Crippen molar-refractivity contribution in [1.29, 1.82) is 0 Å². The van der Waals surface area contributed by atoms with Gasteiger partial charge in [-0.3, -0.25) is 9.20 Å². The Kier molecular flexibility index (Phi) is 3.79. The van der Waals surface area contributed by atoms with Crippen LogP contribution in [0.25, 0.3) is 5.65 Å². The van der Waals surface area contributed by atoms with Crippen LogP contribution in [0.5, 0.6) is 0 Å². The first-order chi connectivity index (χ1) is 11.3. The summed E-state index contributed by atoms with van der Waals surface area (Å²) in [6.45, 7) is 3.63. The first-order valence-electron chi connectivity index (χ1n) is 7.19. The summed E-state index contributed by atoms with van der Waals surface area (Å²) in [7, 11) is 0. The van der Waals surface area contributed by atoms with Crippen LogP contribution in [0.4, 0.5) is 18.9 Å². The summed E-state index contributed by atoms with van der Waals surface area (Å²) < 4.78 is 39.4. The molecule has 24 heavy (non-hydrogen) atoms. The molecule has 1 aromatic carbocycles. The van der Waals surface area contributed by atoms with E-state index in [9.17, 15) is 18.0 Å². The van der Waals surface area contributed by atoms with Gasteiger partial charge < -0.3 is 5.32 Å². The number of anilines is 1. The lowest BCUT2D eigenvalue weighted by Gasteiger charge is -2.09. The molecule has 0 spiro atoms. The Bertz CT molecular complexity index is 911. The van der Waals surface area contributed by atoms with E-state index in [4.69, 9.17) is 0 Å². The van der Waals surface area contributed by atoms with E-state index in [1.165, 1.54) is 12.1 Å². The van der Waals surface area contributed by atoms with Gasteiger partial charge in [0.25, 0.3) is 5.91 Å². The molecule has 1 N–H and O–H groups in total. The number of halogens is 3. The molecule has 3 aromatic rings. The Balaban J connectivity index is 1.89. The molecule has 0 aliphatic carbocycles. The van der Waals surface area contributed by atoms with Crippen molar-refractivity contribution < 1.29 is 18.0 Å². The highest BCUT2D eigenvalue weighted by molar-refractivity contribution is 6.04. The van der Waals surface area contributed by atoms with Crippen molar-refractivity contribution in [2.45, 2.75) is 20.0 Å². The van der Waals surface area contributed by atoms with E-state index in [1.807, 2.05) is 19.1 Å². The minimum absolute atomic E-state index is 0.287. The van der Waals surface area contributed by atoms with Crippen molar-refractivity contribution in [3.63, 3.8) is 0 Å². The van der Waals surface area contributed by atoms with Crippen LogP contribution in [0.2, 0.25) is 0 Å². The lowest BCUT2D eigenvalue weighted by atomic mass is 10.2. The van der Waals surface area contributed by atoms with Crippen LogP contribution in [0.1, 0.15) is 27.3 Å². The summed E-state index contributed by atoms with van der Waals surface area (Å²) in [5, 5.41) is 2.60. The number of carbonyl (C=O) groups is 1. The molecule has 0 bridgehead atoms. The molecule has 0 saturated carbocycles. The lowest BCUT2D eigenvalue weighted by molar-refractivity contribution is -0.137. The van der Waals surface area contributed by atoms with E-state index in [0.29, 0.717) is 17.0 Å². The molecule has 0 unspecified atom stereocenters. The van der Waals surface area contributed by atoms with Gasteiger partial charge in [0, 0.05) is 11.9 Å². The minimum atomic E-state index is -4.40. The highest BCUT2D eigenvalue weighted by Crippen LogP contribution is 2.30. The summed E-state index contributed by atoms with van der Waals surface area (Å²) in [4.78, 5) is 16.8. The fourth-order valence-corrected chi connectivity index (χ4v) is 2.47. The van der Waals surface area contributed by atoms with E-state index >= 15 is 0 Å². The van der Waals surface area contributed by atoms with Crippen molar-refractivity contribution in [3.05, 3.63) is 65.1 Å². The molecule has 1 amide bonds. The first-order valence-corrected chi connectivity index (χ1v) is 7.19. The zero-order valence-corrected chi connectivity index (χ0v) is 13.0. The van der Waals surface area contributed by atoms with Gasteiger partial charge in [0.1, 0.15) is 11.3 Å². The third kappa shape index (κ3) is 2.97. The van der Waals surface area contributed by atoms with Crippen LogP contribution in [0.3, 0.4) is 0 Å². The summed E-state index contributed by atoms with van der Waals surface area (Å²) in [5.41, 5.74) is 2.08. The maximum atomic E-state index is 12.6. The molecule has 0 saturated heterocycles. The molecular formula is C17H14F3N3O. The van der Waals surface area contributed by atoms with Crippen LogP contribution in [-0.4, -0.2) is 15.3 Å². The van der Waals surface area contributed by atoms with E-state index in [1.54, 1.807) is 17.5 Å². The van der Waals surface area contributed by atoms with Gasteiger partial charge in [0.15, 0.2) is 0 Å². The molecule has 0 fully saturated rings. The predicted octanol–water partition coefficient (Wildman–Crippen LogP) is 4.22. The van der Waals surface area contributed by atoms with Gasteiger partial charge >= 0.3 is 6.18 Å². The second-order valence-electron chi connectivity index (χ2n) is 5.51. The second-order valence-corrected chi connectivity index (χ2v) is 5.51. The van der Waals surface area contributed by atoms with Crippen LogP contribution < -0.4 is 5.32 Å². The Labute approximate surface area is 135 Å². The number of pyridine rings is 1. The normalized spacial score (nSPS) is 11.7. The number of rotatable bonds is 2. The quantitative estimate of drug-likeness (QED) is 0.763. The number of hydrogen-bond donors (Lipinski definition) is 1. The number of aromatic nitrogens is 2. The van der Waals surface area contributed by atoms with E-state index in [-0.39, 0.29) is 5.69 Å². The Morgan fingerprint density at radius 2 is 1.79 bits per heavy atom. The van der Waals surface area contributed by atoms with Gasteiger partial charge in [-0.05, 0) is 55.8 Å². The van der Waals surface area contributed by atoms with Crippen LogP contribution in [0.15, 0.2) is 42.6 Å². The Morgan fingerprint density at radius 1 is 1.12 bits per heavy atom. The summed E-state index contributed by atoms with van der Waals surface area (Å²) >= 11 is 0. The van der Waals surface area contributed by atoms with E-state index in [2.05, 4.69) is 10.3 Å². The number of fused-ring (bicyclic) bond motifs is 1. The van der Waals surface area contributed by atoms with Crippen molar-refractivity contribution in [2.24, 2.45) is 0 Å². The average molecular weight is 333 g/mol. The molecule has 3 rings (SSSR count). The first kappa shape index (κ1) is 16.0. The predicted molar refractivity (Wildman–Crippen MR) is 84.1 cm³/mol. The zero-order valence-electron chi connectivity index (χ0n) is 13.0. The maximum absolute atomic E-state index is 12.6. The van der Waals surface area contributed by atoms with Crippen LogP contribution >= 0.6 is 0 Å². The van der Waals surface area contributed by atoms with Gasteiger partial charge in [-0.15, -0.1) is 0 Å². The van der Waals surface area contributed by atoms with Gasteiger partial charge in [-0.25, -0.2) is 4.98 Å². The van der Waals surface area contributed by atoms with E-state index < -0.39 is 17.6 Å². The fourth-order valence-electron chi connectivity index (χ4n) is 2.47. The second kappa shape index (κ2) is 5.67. The smallest absolute Gasteiger partial charge is 0.321 e. The molecular weight excluding hydrogens is 319 g/mol. The molecule has 0 aliphatic rings. The van der Waals surface area contributed by atoms with Crippen molar-refractivity contribution in [3.8, 4) is 0 Å². The minimum Gasteiger partial charge on any atom is -0.321 e. The molecule has 7 heteroatoms. The van der Waals surface area contributed by atoms with Gasteiger partial charge in [-0.2, -0.15) is 13.2 Å². The SMILES string of the molecule is Cc1ccn2c(C(=O)Nc3ccc(C(F)(F)F)cc3)c(C)nc2c1. The number of carbonyl (C=O) groups excluding carboxylic acids is 1. The zero-order chi connectivity index (χ0) is 17.5. The van der Waals surface area contributed by atoms with Gasteiger partial charge in [0.05, 0.1) is 11.3 Å². The molecule has 0 atom stereocenters. The lowest BCUT2D eigenvalue weighted by Crippen LogP contribution is -2.16. The van der Waals surface area contributed by atoms with Crippen molar-refractivity contribution in [1.82, 2.24) is 9.38 Å². The van der Waals surface area contributed by atoms with Gasteiger partial charge in [-0.1, -0.05) is 0 Å². The van der Waals surface area contributed by atoms with E-state index in [0.717, 1.165) is 17.7 Å². The van der Waals surface area contributed by atoms with Crippen molar-refractivity contribution >= 4 is 17.2 Å². The number of nitrogens with one attached hydrogen (secondary N) is 1. The Hall–Kier alpha value is -2.83. The third-order valence-electron chi connectivity index (χ3n) is 3.64. The van der Waals surface area contributed by atoms with Crippen LogP contribution in [-0.2, 0) is 6.18 Å². The number of benzene rings is 1. The summed E-state index contributed by atoms with van der Waals surface area (Å²) in [6, 6.07) is 8.01. The molecule has 4 nitrogen and oxygen atoms in total. The number of hydrogen-bond acceptors (Lipinski definition) is 2. The monoisotopic (exact) mass is 333 g/mol. The number of nitrogens with zero attached hydrogens (tertiary/aromatic N) is 2. The molecule has 124 valence electrons. The third-order valence-corrected chi connectivity index (χ3v) is 3.64. The summed E-state index contributed by atoms with van der Waals surface area (Å²) in [6.07, 6.45) is -2.66. The maximum Gasteiger partial charge on any atom is 0.416 e.